The number of hydrogen-bond acceptors (Lipinski definition) is 5. The Balaban J connectivity index is 1.84. The number of carbonyl (C=O) groups excluding carboxylic acids is 3. The van der Waals surface area contributed by atoms with Crippen LogP contribution >= 0.6 is 0 Å². The van der Waals surface area contributed by atoms with Gasteiger partial charge in [0.05, 0.1) is 24.3 Å². The Kier molecular flexibility index (Phi) is 6.09. The molecule has 1 heterocycles. The Hall–Kier alpha value is -4.19. The zero-order valence-corrected chi connectivity index (χ0v) is 18.3. The van der Waals surface area contributed by atoms with Crippen molar-refractivity contribution in [3.63, 3.8) is 0 Å². The van der Waals surface area contributed by atoms with E-state index in [1.54, 1.807) is 36.4 Å². The van der Waals surface area contributed by atoms with Gasteiger partial charge in [-0.1, -0.05) is 72.3 Å². The van der Waals surface area contributed by atoms with Gasteiger partial charge in [0.2, 0.25) is 0 Å². The van der Waals surface area contributed by atoms with Crippen LogP contribution in [0.4, 0.5) is 0 Å². The summed E-state index contributed by atoms with van der Waals surface area (Å²) in [4.78, 5) is 39.5. The summed E-state index contributed by atoms with van der Waals surface area (Å²) in [5.41, 5.74) is 3.28. The molecule has 1 atom stereocenters. The van der Waals surface area contributed by atoms with E-state index < -0.39 is 23.7 Å². The maximum absolute atomic E-state index is 13.1. The number of likely N-dealkylation sites (tertiary alicyclic amines) is 1. The molecule has 1 saturated heterocycles. The SMILES string of the molecule is COC(=O)c1ccc(C2/C(=C(\O)c3ccc(C)cc3)C(=O)C(=O)N2Cc2ccccc2)cc1. The standard InChI is InChI=1S/C27H23NO5/c1-17-8-10-20(11-9-17)24(29)22-23(19-12-14-21(15-13-19)27(32)33-2)28(26(31)25(22)30)16-18-6-4-3-5-7-18/h3-15,23,29H,16H2,1-2H3/b24-22+. The highest BCUT2D eigenvalue weighted by Gasteiger charge is 2.46. The van der Waals surface area contributed by atoms with E-state index in [9.17, 15) is 19.5 Å². The third-order valence-electron chi connectivity index (χ3n) is 5.71. The van der Waals surface area contributed by atoms with Crippen LogP contribution in [0.25, 0.3) is 5.76 Å². The molecule has 3 aromatic carbocycles. The zero-order valence-electron chi connectivity index (χ0n) is 18.3. The molecule has 1 N–H and O–H groups in total. The number of aliphatic hydroxyl groups excluding tert-OH is 1. The molecule has 1 unspecified atom stereocenters. The van der Waals surface area contributed by atoms with Crippen molar-refractivity contribution in [2.24, 2.45) is 0 Å². The summed E-state index contributed by atoms with van der Waals surface area (Å²) < 4.78 is 4.76. The molecule has 4 rings (SSSR count). The van der Waals surface area contributed by atoms with Gasteiger partial charge < -0.3 is 14.7 Å². The second-order valence-corrected chi connectivity index (χ2v) is 7.89. The topological polar surface area (TPSA) is 83.9 Å². The van der Waals surface area contributed by atoms with E-state index in [4.69, 9.17) is 4.74 Å². The van der Waals surface area contributed by atoms with Crippen molar-refractivity contribution in [2.45, 2.75) is 19.5 Å². The molecule has 1 amide bonds. The first-order valence-electron chi connectivity index (χ1n) is 10.5. The molecule has 0 aromatic heterocycles. The predicted octanol–water partition coefficient (Wildman–Crippen LogP) is 4.40. The second-order valence-electron chi connectivity index (χ2n) is 7.89. The first-order valence-corrected chi connectivity index (χ1v) is 10.5. The molecule has 3 aromatic rings. The molecule has 166 valence electrons. The molecule has 1 aliphatic heterocycles. The van der Waals surface area contributed by atoms with Crippen molar-refractivity contribution in [3.8, 4) is 0 Å². The van der Waals surface area contributed by atoms with E-state index in [0.717, 1.165) is 11.1 Å². The van der Waals surface area contributed by atoms with E-state index in [-0.39, 0.29) is 17.9 Å². The average molecular weight is 441 g/mol. The van der Waals surface area contributed by atoms with Gasteiger partial charge in [-0.15, -0.1) is 0 Å². The Labute approximate surface area is 191 Å². The van der Waals surface area contributed by atoms with Gasteiger partial charge in [-0.05, 0) is 30.2 Å². The van der Waals surface area contributed by atoms with Gasteiger partial charge in [-0.3, -0.25) is 9.59 Å². The lowest BCUT2D eigenvalue weighted by molar-refractivity contribution is -0.140. The number of aliphatic hydroxyl groups is 1. The lowest BCUT2D eigenvalue weighted by Crippen LogP contribution is -2.29. The summed E-state index contributed by atoms with van der Waals surface area (Å²) >= 11 is 0. The maximum Gasteiger partial charge on any atom is 0.337 e. The number of nitrogens with zero attached hydrogens (tertiary/aromatic N) is 1. The minimum absolute atomic E-state index is 0.0191. The highest BCUT2D eigenvalue weighted by Crippen LogP contribution is 2.40. The number of carbonyl (C=O) groups is 3. The monoisotopic (exact) mass is 441 g/mol. The fourth-order valence-electron chi connectivity index (χ4n) is 3.96. The number of rotatable bonds is 5. The summed E-state index contributed by atoms with van der Waals surface area (Å²) in [6.07, 6.45) is 0. The number of Topliss-reactive ketones (excluding diaryl/α,β-unsaturated/α-hetero) is 1. The van der Waals surface area contributed by atoms with E-state index in [0.29, 0.717) is 16.7 Å². The van der Waals surface area contributed by atoms with Crippen LogP contribution in [0.15, 0.2) is 84.4 Å². The number of methoxy groups -OCH3 is 1. The van der Waals surface area contributed by atoms with Gasteiger partial charge in [-0.25, -0.2) is 4.79 Å². The average Bonchev–Trinajstić information content (AvgIpc) is 3.09. The van der Waals surface area contributed by atoms with Crippen LogP contribution in [-0.4, -0.2) is 34.8 Å². The highest BCUT2D eigenvalue weighted by atomic mass is 16.5. The Morgan fingerprint density at radius 3 is 2.12 bits per heavy atom. The van der Waals surface area contributed by atoms with Crippen LogP contribution < -0.4 is 0 Å². The normalized spacial score (nSPS) is 17.3. The van der Waals surface area contributed by atoms with Crippen LogP contribution in [0.1, 0.15) is 38.7 Å². The molecule has 1 aliphatic rings. The van der Waals surface area contributed by atoms with Crippen molar-refractivity contribution >= 4 is 23.4 Å². The van der Waals surface area contributed by atoms with Gasteiger partial charge in [-0.2, -0.15) is 0 Å². The summed E-state index contributed by atoms with van der Waals surface area (Å²) in [5, 5.41) is 11.1. The van der Waals surface area contributed by atoms with Gasteiger partial charge >= 0.3 is 5.97 Å². The Bertz CT molecular complexity index is 1230. The van der Waals surface area contributed by atoms with E-state index >= 15 is 0 Å². The number of hydrogen-bond donors (Lipinski definition) is 1. The van der Waals surface area contributed by atoms with Gasteiger partial charge in [0.15, 0.2) is 0 Å². The van der Waals surface area contributed by atoms with Gasteiger partial charge in [0.25, 0.3) is 11.7 Å². The third kappa shape index (κ3) is 4.28. The van der Waals surface area contributed by atoms with Crippen LogP contribution in [0.2, 0.25) is 0 Å². The summed E-state index contributed by atoms with van der Waals surface area (Å²) in [7, 11) is 1.30. The molecule has 0 spiro atoms. The number of esters is 1. The fraction of sp³-hybridized carbons (Fsp3) is 0.148. The fourth-order valence-corrected chi connectivity index (χ4v) is 3.96. The number of aryl methyl sites for hydroxylation is 1. The molecular weight excluding hydrogens is 418 g/mol. The largest absolute Gasteiger partial charge is 0.507 e. The second kappa shape index (κ2) is 9.12. The third-order valence-corrected chi connectivity index (χ3v) is 5.71. The van der Waals surface area contributed by atoms with Crippen LogP contribution in [0.3, 0.4) is 0 Å². The van der Waals surface area contributed by atoms with Gasteiger partial charge in [0, 0.05) is 12.1 Å². The molecule has 0 bridgehead atoms. The maximum atomic E-state index is 13.1. The highest BCUT2D eigenvalue weighted by molar-refractivity contribution is 6.46. The molecule has 6 heteroatoms. The lowest BCUT2D eigenvalue weighted by atomic mass is 9.94. The minimum atomic E-state index is -0.807. The van der Waals surface area contributed by atoms with Crippen molar-refractivity contribution in [1.29, 1.82) is 0 Å². The van der Waals surface area contributed by atoms with Gasteiger partial charge in [0.1, 0.15) is 5.76 Å². The van der Waals surface area contributed by atoms with Crippen LogP contribution in [0, 0.1) is 6.92 Å². The van der Waals surface area contributed by atoms with E-state index in [2.05, 4.69) is 0 Å². The van der Waals surface area contributed by atoms with Crippen LogP contribution in [0.5, 0.6) is 0 Å². The quantitative estimate of drug-likeness (QED) is 0.275. The molecule has 6 nitrogen and oxygen atoms in total. The summed E-state index contributed by atoms with van der Waals surface area (Å²) in [6, 6.07) is 22.1. The van der Waals surface area contributed by atoms with E-state index in [1.165, 1.54) is 12.0 Å². The first kappa shape index (κ1) is 22.0. The lowest BCUT2D eigenvalue weighted by Gasteiger charge is -2.25. The van der Waals surface area contributed by atoms with E-state index in [1.807, 2.05) is 49.4 Å². The molecule has 33 heavy (non-hydrogen) atoms. The zero-order chi connectivity index (χ0) is 23.5. The van der Waals surface area contributed by atoms with Crippen molar-refractivity contribution < 1.29 is 24.2 Å². The summed E-state index contributed by atoms with van der Waals surface area (Å²) in [5.74, 6) is -2.15. The smallest absolute Gasteiger partial charge is 0.337 e. The molecule has 0 aliphatic carbocycles. The number of benzene rings is 3. The van der Waals surface area contributed by atoms with Crippen molar-refractivity contribution in [2.75, 3.05) is 7.11 Å². The van der Waals surface area contributed by atoms with Crippen molar-refractivity contribution in [1.82, 2.24) is 4.90 Å². The molecule has 0 saturated carbocycles. The van der Waals surface area contributed by atoms with Crippen molar-refractivity contribution in [3.05, 3.63) is 112 Å². The number of ether oxygens (including phenoxy) is 1. The first-order chi connectivity index (χ1) is 15.9. The van der Waals surface area contributed by atoms with Crippen LogP contribution in [-0.2, 0) is 20.9 Å². The molecular formula is C27H23NO5. The predicted molar refractivity (Wildman–Crippen MR) is 123 cm³/mol. The summed E-state index contributed by atoms with van der Waals surface area (Å²) in [6.45, 7) is 2.12. The number of amides is 1. The molecule has 0 radical (unpaired) electrons. The molecule has 1 fully saturated rings. The Morgan fingerprint density at radius 1 is 0.909 bits per heavy atom. The Morgan fingerprint density at radius 2 is 1.52 bits per heavy atom. The number of ketones is 1. The minimum Gasteiger partial charge on any atom is -0.507 e.